The predicted octanol–water partition coefficient (Wildman–Crippen LogP) is 3.45. The summed E-state index contributed by atoms with van der Waals surface area (Å²) in [5.74, 6) is 1.07. The molecule has 3 heterocycles. The van der Waals surface area contributed by atoms with Crippen molar-refractivity contribution in [2.75, 3.05) is 13.1 Å². The van der Waals surface area contributed by atoms with Gasteiger partial charge in [0.1, 0.15) is 17.1 Å². The van der Waals surface area contributed by atoms with Gasteiger partial charge in [-0.05, 0) is 37.1 Å². The van der Waals surface area contributed by atoms with Gasteiger partial charge in [0, 0.05) is 25.1 Å². The summed E-state index contributed by atoms with van der Waals surface area (Å²) >= 11 is 0. The van der Waals surface area contributed by atoms with E-state index in [1.807, 2.05) is 6.92 Å². The van der Waals surface area contributed by atoms with Crippen molar-refractivity contribution >= 4 is 5.91 Å². The Bertz CT molecular complexity index is 935. The van der Waals surface area contributed by atoms with Crippen LogP contribution in [0.15, 0.2) is 39.5 Å². The van der Waals surface area contributed by atoms with Crippen molar-refractivity contribution in [3.8, 4) is 11.4 Å². The standard InChI is InChI=1S/C19H19FN4O3/c1-2-16-15(10-21-26-16)19(25)24-9-3-4-13(11-24)18-22-17(23-27-18)12-5-7-14(20)8-6-12/h5-8,10,13H,2-4,9,11H2,1H3. The van der Waals surface area contributed by atoms with Gasteiger partial charge in [-0.2, -0.15) is 4.98 Å². The monoisotopic (exact) mass is 370 g/mol. The van der Waals surface area contributed by atoms with E-state index in [4.69, 9.17) is 9.05 Å². The predicted molar refractivity (Wildman–Crippen MR) is 93.5 cm³/mol. The number of aromatic nitrogens is 3. The molecule has 27 heavy (non-hydrogen) atoms. The lowest BCUT2D eigenvalue weighted by molar-refractivity contribution is 0.0693. The van der Waals surface area contributed by atoms with E-state index in [0.717, 1.165) is 12.8 Å². The summed E-state index contributed by atoms with van der Waals surface area (Å²) < 4.78 is 23.6. The van der Waals surface area contributed by atoms with Gasteiger partial charge in [0.25, 0.3) is 5.91 Å². The molecule has 3 aromatic rings. The quantitative estimate of drug-likeness (QED) is 0.699. The number of amides is 1. The Labute approximate surface area is 155 Å². The van der Waals surface area contributed by atoms with Crippen molar-refractivity contribution in [2.24, 2.45) is 0 Å². The van der Waals surface area contributed by atoms with E-state index in [2.05, 4.69) is 15.3 Å². The molecule has 1 unspecified atom stereocenters. The molecule has 1 aromatic carbocycles. The second-order valence-electron chi connectivity index (χ2n) is 6.57. The number of benzene rings is 1. The molecular weight excluding hydrogens is 351 g/mol. The first-order valence-electron chi connectivity index (χ1n) is 8.98. The summed E-state index contributed by atoms with van der Waals surface area (Å²) in [5.41, 5.74) is 1.20. The third-order valence-electron chi connectivity index (χ3n) is 4.80. The number of rotatable bonds is 4. The molecule has 0 bridgehead atoms. The number of carbonyl (C=O) groups excluding carboxylic acids is 1. The van der Waals surface area contributed by atoms with Gasteiger partial charge in [-0.1, -0.05) is 17.2 Å². The van der Waals surface area contributed by atoms with Crippen LogP contribution in [0.3, 0.4) is 0 Å². The Morgan fingerprint density at radius 2 is 2.11 bits per heavy atom. The molecule has 8 heteroatoms. The van der Waals surface area contributed by atoms with Crippen molar-refractivity contribution in [1.82, 2.24) is 20.2 Å². The molecule has 0 spiro atoms. The molecule has 0 saturated carbocycles. The molecule has 4 rings (SSSR count). The average molecular weight is 370 g/mol. The van der Waals surface area contributed by atoms with Crippen LogP contribution in [0.25, 0.3) is 11.4 Å². The first-order chi connectivity index (χ1) is 13.2. The highest BCUT2D eigenvalue weighted by atomic mass is 19.1. The second-order valence-corrected chi connectivity index (χ2v) is 6.57. The minimum Gasteiger partial charge on any atom is -0.361 e. The fraction of sp³-hybridized carbons (Fsp3) is 0.368. The smallest absolute Gasteiger partial charge is 0.259 e. The van der Waals surface area contributed by atoms with Gasteiger partial charge in [0.15, 0.2) is 0 Å². The number of nitrogens with zero attached hydrogens (tertiary/aromatic N) is 4. The third-order valence-corrected chi connectivity index (χ3v) is 4.80. The normalized spacial score (nSPS) is 17.3. The van der Waals surface area contributed by atoms with E-state index in [1.54, 1.807) is 17.0 Å². The third kappa shape index (κ3) is 3.47. The number of halogens is 1. The van der Waals surface area contributed by atoms with E-state index in [0.29, 0.717) is 48.1 Å². The lowest BCUT2D eigenvalue weighted by Gasteiger charge is -2.30. The molecule has 2 aromatic heterocycles. The highest BCUT2D eigenvalue weighted by molar-refractivity contribution is 5.95. The van der Waals surface area contributed by atoms with Crippen LogP contribution in [0.5, 0.6) is 0 Å². The number of hydrogen-bond acceptors (Lipinski definition) is 6. The van der Waals surface area contributed by atoms with E-state index >= 15 is 0 Å². The minimum atomic E-state index is -0.316. The summed E-state index contributed by atoms with van der Waals surface area (Å²) in [7, 11) is 0. The van der Waals surface area contributed by atoms with E-state index in [9.17, 15) is 9.18 Å². The maximum absolute atomic E-state index is 13.1. The zero-order chi connectivity index (χ0) is 18.8. The van der Waals surface area contributed by atoms with Crippen LogP contribution in [0, 0.1) is 5.82 Å². The van der Waals surface area contributed by atoms with Crippen LogP contribution in [0.2, 0.25) is 0 Å². The van der Waals surface area contributed by atoms with Crippen LogP contribution in [0.1, 0.15) is 47.7 Å². The number of hydrogen-bond donors (Lipinski definition) is 0. The largest absolute Gasteiger partial charge is 0.361 e. The topological polar surface area (TPSA) is 85.3 Å². The van der Waals surface area contributed by atoms with Gasteiger partial charge in [-0.15, -0.1) is 0 Å². The van der Waals surface area contributed by atoms with Crippen LogP contribution < -0.4 is 0 Å². The van der Waals surface area contributed by atoms with Gasteiger partial charge in [-0.3, -0.25) is 4.79 Å². The molecule has 0 aliphatic carbocycles. The van der Waals surface area contributed by atoms with Crippen molar-refractivity contribution in [2.45, 2.75) is 32.1 Å². The first kappa shape index (κ1) is 17.4. The molecule has 1 amide bonds. The fourth-order valence-electron chi connectivity index (χ4n) is 3.34. The van der Waals surface area contributed by atoms with Gasteiger partial charge in [0.05, 0.1) is 12.1 Å². The summed E-state index contributed by atoms with van der Waals surface area (Å²) in [5, 5.41) is 7.74. The Morgan fingerprint density at radius 1 is 1.30 bits per heavy atom. The minimum absolute atomic E-state index is 0.0330. The molecule has 1 fully saturated rings. The Morgan fingerprint density at radius 3 is 2.89 bits per heavy atom. The second kappa shape index (κ2) is 7.30. The van der Waals surface area contributed by atoms with Crippen LogP contribution in [-0.4, -0.2) is 39.2 Å². The summed E-state index contributed by atoms with van der Waals surface area (Å²) in [6, 6.07) is 5.94. The van der Waals surface area contributed by atoms with Crippen molar-refractivity contribution in [3.05, 3.63) is 53.5 Å². The average Bonchev–Trinajstić information content (AvgIpc) is 3.37. The van der Waals surface area contributed by atoms with Crippen molar-refractivity contribution < 1.29 is 18.2 Å². The molecular formula is C19H19FN4O3. The molecule has 1 atom stereocenters. The summed E-state index contributed by atoms with van der Waals surface area (Å²) in [6.07, 6.45) is 3.80. The molecule has 1 saturated heterocycles. The molecule has 140 valence electrons. The SMILES string of the molecule is CCc1oncc1C(=O)N1CCCC(c2nc(-c3ccc(F)cc3)no2)C1. The Hall–Kier alpha value is -3.03. The van der Waals surface area contributed by atoms with Gasteiger partial charge >= 0.3 is 0 Å². The summed E-state index contributed by atoms with van der Waals surface area (Å²) in [6.45, 7) is 3.09. The number of likely N-dealkylation sites (tertiary alicyclic amines) is 1. The van der Waals surface area contributed by atoms with Gasteiger partial charge in [0.2, 0.25) is 11.7 Å². The van der Waals surface area contributed by atoms with Crippen molar-refractivity contribution in [1.29, 1.82) is 0 Å². The number of carbonyl (C=O) groups is 1. The highest BCUT2D eigenvalue weighted by Crippen LogP contribution is 2.28. The Kier molecular flexibility index (Phi) is 4.70. The highest BCUT2D eigenvalue weighted by Gasteiger charge is 2.30. The molecule has 1 aliphatic heterocycles. The maximum atomic E-state index is 13.1. The molecule has 0 radical (unpaired) electrons. The zero-order valence-corrected chi connectivity index (χ0v) is 14.9. The van der Waals surface area contributed by atoms with Crippen LogP contribution in [0.4, 0.5) is 4.39 Å². The Balaban J connectivity index is 1.50. The van der Waals surface area contributed by atoms with E-state index in [1.165, 1.54) is 18.3 Å². The summed E-state index contributed by atoms with van der Waals surface area (Å²) in [4.78, 5) is 19.0. The van der Waals surface area contributed by atoms with E-state index in [-0.39, 0.29) is 17.6 Å². The lowest BCUT2D eigenvalue weighted by atomic mass is 9.97. The molecule has 0 N–H and O–H groups in total. The first-order valence-corrected chi connectivity index (χ1v) is 8.98. The number of piperidine rings is 1. The van der Waals surface area contributed by atoms with E-state index < -0.39 is 0 Å². The van der Waals surface area contributed by atoms with Crippen molar-refractivity contribution in [3.63, 3.8) is 0 Å². The van der Waals surface area contributed by atoms with Gasteiger partial charge < -0.3 is 13.9 Å². The zero-order valence-electron chi connectivity index (χ0n) is 14.9. The van der Waals surface area contributed by atoms with Crippen LogP contribution in [-0.2, 0) is 6.42 Å². The molecule has 7 nitrogen and oxygen atoms in total. The van der Waals surface area contributed by atoms with Crippen LogP contribution >= 0.6 is 0 Å². The number of aryl methyl sites for hydroxylation is 1. The fourth-order valence-corrected chi connectivity index (χ4v) is 3.34. The molecule has 1 aliphatic rings. The lowest BCUT2D eigenvalue weighted by Crippen LogP contribution is -2.39. The maximum Gasteiger partial charge on any atom is 0.259 e. The van der Waals surface area contributed by atoms with Gasteiger partial charge in [-0.25, -0.2) is 4.39 Å².